The quantitative estimate of drug-likeness (QED) is 0.171. The standard InChI is InChI=1S/2C3H8O5.O.Ti/c2*1-2(4,5)3(6,7)8;;/h2*4-8H,1H3;;. The molecule has 0 amide bonds. The first-order chi connectivity index (χ1) is 7.50. The van der Waals surface area contributed by atoms with Gasteiger partial charge in [-0.25, -0.2) is 0 Å². The minimum absolute atomic E-state index is 0.632. The summed E-state index contributed by atoms with van der Waals surface area (Å²) in [6.45, 7) is 1.26. The van der Waals surface area contributed by atoms with Gasteiger partial charge in [0.05, 0.1) is 0 Å². The summed E-state index contributed by atoms with van der Waals surface area (Å²) in [5.74, 6) is -12.7. The van der Waals surface area contributed by atoms with E-state index in [2.05, 4.69) is 0 Å². The second-order valence-corrected chi connectivity index (χ2v) is 3.31. The molecule has 0 saturated heterocycles. The van der Waals surface area contributed by atoms with E-state index < -0.39 is 23.5 Å². The van der Waals surface area contributed by atoms with Crippen molar-refractivity contribution < 1.29 is 74.8 Å². The molecule has 0 fully saturated rings. The molecule has 0 spiro atoms. The predicted octanol–water partition coefficient (Wildman–Crippen LogP) is -5.49. The topological polar surface area (TPSA) is 219 Å². The van der Waals surface area contributed by atoms with Crippen LogP contribution in [0.4, 0.5) is 0 Å². The molecule has 0 atom stereocenters. The molecular formula is C6H16O11Ti. The van der Waals surface area contributed by atoms with Crippen molar-refractivity contribution in [1.29, 1.82) is 0 Å². The van der Waals surface area contributed by atoms with Gasteiger partial charge in [0.2, 0.25) is 11.6 Å². The maximum absolute atomic E-state index is 8.25. The Bertz CT molecular complexity index is 168. The minimum atomic E-state index is -3.45. The van der Waals surface area contributed by atoms with E-state index in [0.717, 1.165) is 20.4 Å². The van der Waals surface area contributed by atoms with Crippen LogP contribution in [0, 0.1) is 0 Å². The van der Waals surface area contributed by atoms with Crippen LogP contribution < -0.4 is 0 Å². The van der Waals surface area contributed by atoms with E-state index in [9.17, 15) is 0 Å². The molecule has 0 heterocycles. The van der Waals surface area contributed by atoms with Crippen molar-refractivity contribution in [3.05, 3.63) is 0 Å². The molecule has 0 aromatic rings. The third-order valence-electron chi connectivity index (χ3n) is 1.27. The van der Waals surface area contributed by atoms with Gasteiger partial charge in [0.15, 0.2) is 0 Å². The van der Waals surface area contributed by atoms with Crippen LogP contribution in [0.5, 0.6) is 0 Å². The van der Waals surface area contributed by atoms with Gasteiger partial charge in [0.25, 0.3) is 0 Å². The monoisotopic (exact) mass is 312 g/mol. The average molecular weight is 312 g/mol. The van der Waals surface area contributed by atoms with Gasteiger partial charge in [-0.1, -0.05) is 0 Å². The summed E-state index contributed by atoms with van der Waals surface area (Å²) >= 11 is 0.750. The van der Waals surface area contributed by atoms with E-state index in [1.54, 1.807) is 0 Å². The molecule has 0 unspecified atom stereocenters. The van der Waals surface area contributed by atoms with Crippen LogP contribution in [-0.2, 0) is 23.7 Å². The third kappa shape index (κ3) is 11.2. The van der Waals surface area contributed by atoms with Crippen LogP contribution in [0.15, 0.2) is 0 Å². The number of hydrogen-bond donors (Lipinski definition) is 10. The van der Waals surface area contributed by atoms with Gasteiger partial charge in [-0.05, 0) is 13.8 Å². The summed E-state index contributed by atoms with van der Waals surface area (Å²) in [5.41, 5.74) is 0. The van der Waals surface area contributed by atoms with Gasteiger partial charge in [-0.2, -0.15) is 0 Å². The Kier molecular flexibility index (Phi) is 9.86. The molecule has 110 valence electrons. The number of hydrogen-bond acceptors (Lipinski definition) is 11. The number of rotatable bonds is 2. The fourth-order valence-electron chi connectivity index (χ4n) is 0. The molecule has 18 heavy (non-hydrogen) atoms. The summed E-state index contributed by atoms with van der Waals surface area (Å²) in [6, 6.07) is 0. The molecule has 0 radical (unpaired) electrons. The molecule has 0 saturated carbocycles. The van der Waals surface area contributed by atoms with Gasteiger partial charge >= 0.3 is 35.7 Å². The molecule has 11 nitrogen and oxygen atoms in total. The average Bonchev–Trinajstić information content (AvgIpc) is 2.01. The molecular weight excluding hydrogens is 296 g/mol. The first-order valence-electron chi connectivity index (χ1n) is 3.94. The molecule has 0 bridgehead atoms. The molecule has 0 aromatic carbocycles. The number of aliphatic hydroxyl groups is 10. The van der Waals surface area contributed by atoms with E-state index in [1.165, 1.54) is 0 Å². The molecule has 0 rings (SSSR count). The Morgan fingerprint density at radius 3 is 0.611 bits per heavy atom. The molecule has 0 aliphatic rings. The van der Waals surface area contributed by atoms with Gasteiger partial charge in [-0.3, -0.25) is 0 Å². The van der Waals surface area contributed by atoms with Crippen molar-refractivity contribution >= 4 is 0 Å². The first-order valence-corrected chi connectivity index (χ1v) is 4.58. The predicted molar refractivity (Wildman–Crippen MR) is 45.1 cm³/mol. The van der Waals surface area contributed by atoms with Gasteiger partial charge in [0, 0.05) is 0 Å². The van der Waals surface area contributed by atoms with E-state index in [1.807, 2.05) is 0 Å². The zero-order valence-electron chi connectivity index (χ0n) is 9.38. The van der Waals surface area contributed by atoms with Gasteiger partial charge in [0.1, 0.15) is 0 Å². The summed E-state index contributed by atoms with van der Waals surface area (Å²) in [7, 11) is 0. The van der Waals surface area contributed by atoms with Gasteiger partial charge in [-0.15, -0.1) is 0 Å². The zero-order chi connectivity index (χ0) is 16.0. The molecule has 0 aromatic heterocycles. The Labute approximate surface area is 113 Å². The Hall–Kier alpha value is 0.114. The van der Waals surface area contributed by atoms with Crippen LogP contribution in [0.2, 0.25) is 0 Å². The van der Waals surface area contributed by atoms with Crippen molar-refractivity contribution in [3.63, 3.8) is 0 Å². The van der Waals surface area contributed by atoms with Crippen LogP contribution >= 0.6 is 0 Å². The van der Waals surface area contributed by atoms with Crippen molar-refractivity contribution in [3.8, 4) is 0 Å². The van der Waals surface area contributed by atoms with Crippen molar-refractivity contribution in [2.24, 2.45) is 0 Å². The van der Waals surface area contributed by atoms with Crippen LogP contribution in [0.25, 0.3) is 0 Å². The van der Waals surface area contributed by atoms with Crippen molar-refractivity contribution in [2.75, 3.05) is 0 Å². The SMILES string of the molecule is CC(O)(O)C(O)(O)O.CC(O)(O)C(O)(O)O.[O]=[Ti]. The maximum atomic E-state index is 8.25. The molecule has 0 aliphatic carbocycles. The Balaban J connectivity index is -0.000000219. The van der Waals surface area contributed by atoms with Crippen molar-refractivity contribution in [1.82, 2.24) is 0 Å². The van der Waals surface area contributed by atoms with E-state index >= 15 is 0 Å². The summed E-state index contributed by atoms with van der Waals surface area (Å²) in [4.78, 5) is 0. The van der Waals surface area contributed by atoms with E-state index in [4.69, 9.17) is 54.4 Å². The Morgan fingerprint density at radius 1 is 0.556 bits per heavy atom. The van der Waals surface area contributed by atoms with Gasteiger partial charge < -0.3 is 51.1 Å². The van der Waals surface area contributed by atoms with E-state index in [0.29, 0.717) is 13.8 Å². The van der Waals surface area contributed by atoms with Crippen LogP contribution in [-0.4, -0.2) is 74.6 Å². The summed E-state index contributed by atoms with van der Waals surface area (Å²) in [6.07, 6.45) is 0. The fraction of sp³-hybridized carbons (Fsp3) is 1.00. The third-order valence-corrected chi connectivity index (χ3v) is 1.27. The first kappa shape index (κ1) is 23.2. The Morgan fingerprint density at radius 2 is 0.611 bits per heavy atom. The van der Waals surface area contributed by atoms with Crippen LogP contribution in [0.1, 0.15) is 13.8 Å². The zero-order valence-corrected chi connectivity index (χ0v) is 10.9. The molecule has 10 N–H and O–H groups in total. The normalized spacial score (nSPS) is 12.8. The molecule has 0 aliphatic heterocycles. The summed E-state index contributed by atoms with van der Waals surface area (Å²) < 4.78 is 8.25. The summed E-state index contributed by atoms with van der Waals surface area (Å²) in [5, 5.41) is 80.4. The fourth-order valence-corrected chi connectivity index (χ4v) is 0. The van der Waals surface area contributed by atoms with E-state index in [-0.39, 0.29) is 0 Å². The van der Waals surface area contributed by atoms with Crippen LogP contribution in [0.3, 0.4) is 0 Å². The van der Waals surface area contributed by atoms with Crippen molar-refractivity contribution in [2.45, 2.75) is 37.4 Å². The second-order valence-electron chi connectivity index (χ2n) is 3.31. The molecule has 12 heteroatoms. The second kappa shape index (κ2) is 7.64.